The molecule has 0 aliphatic rings. The number of rotatable bonds is 8. The maximum atomic E-state index is 12.6. The van der Waals surface area contributed by atoms with Gasteiger partial charge in [-0.05, 0) is 49.7 Å². The van der Waals surface area contributed by atoms with Gasteiger partial charge < -0.3 is 9.88 Å². The Bertz CT molecular complexity index is 1070. The second-order valence-electron chi connectivity index (χ2n) is 6.51. The number of hydrogen-bond acceptors (Lipinski definition) is 4. The number of carbonyl (C=O) groups is 1. The fourth-order valence-electron chi connectivity index (χ4n) is 2.76. The molecular formula is C20H21ClN4O3S. The monoisotopic (exact) mass is 432 g/mol. The predicted octanol–water partition coefficient (Wildman–Crippen LogP) is 3.72. The smallest absolute Gasteiger partial charge is 0.261 e. The third kappa shape index (κ3) is 5.36. The largest absolute Gasteiger partial charge is 0.352 e. The first-order chi connectivity index (χ1) is 13.9. The number of sulfonamides is 1. The zero-order chi connectivity index (χ0) is 20.9. The number of carbonyl (C=O) groups excluding carboxylic acids is 1. The second kappa shape index (κ2) is 9.11. The Labute approximate surface area is 174 Å². The van der Waals surface area contributed by atoms with Gasteiger partial charge in [0.25, 0.3) is 15.9 Å². The van der Waals surface area contributed by atoms with Crippen LogP contribution in [-0.4, -0.2) is 30.4 Å². The molecule has 2 N–H and O–H groups in total. The lowest BCUT2D eigenvalue weighted by Crippen LogP contribution is -2.27. The van der Waals surface area contributed by atoms with Gasteiger partial charge >= 0.3 is 0 Å². The van der Waals surface area contributed by atoms with E-state index >= 15 is 0 Å². The number of imidazole rings is 1. The first kappa shape index (κ1) is 20.9. The summed E-state index contributed by atoms with van der Waals surface area (Å²) in [6, 6.07) is 12.5. The SMILES string of the molecule is CC(CCNC(=O)c1ccccc1NS(=O)(=O)c1ccc(Cl)cc1)n1ccnc1. The summed E-state index contributed by atoms with van der Waals surface area (Å²) in [5.74, 6) is -0.350. The lowest BCUT2D eigenvalue weighted by atomic mass is 10.1. The quantitative estimate of drug-likeness (QED) is 0.567. The molecule has 3 rings (SSSR count). The van der Waals surface area contributed by atoms with Crippen LogP contribution in [0.2, 0.25) is 5.02 Å². The number of benzene rings is 2. The molecule has 9 heteroatoms. The number of anilines is 1. The van der Waals surface area contributed by atoms with Crippen molar-refractivity contribution in [1.82, 2.24) is 14.9 Å². The van der Waals surface area contributed by atoms with Gasteiger partial charge in [0.15, 0.2) is 0 Å². The lowest BCUT2D eigenvalue weighted by Gasteiger charge is -2.15. The molecule has 3 aromatic rings. The third-order valence-electron chi connectivity index (χ3n) is 4.42. The van der Waals surface area contributed by atoms with Gasteiger partial charge in [0.2, 0.25) is 0 Å². The molecule has 152 valence electrons. The van der Waals surface area contributed by atoms with Gasteiger partial charge in [0.05, 0.1) is 22.5 Å². The summed E-state index contributed by atoms with van der Waals surface area (Å²) in [6.07, 6.45) is 6.01. The van der Waals surface area contributed by atoms with E-state index in [1.165, 1.54) is 24.3 Å². The molecule has 0 aliphatic carbocycles. The Kier molecular flexibility index (Phi) is 6.56. The Morgan fingerprint density at radius 3 is 2.59 bits per heavy atom. The first-order valence-corrected chi connectivity index (χ1v) is 10.9. The Hall–Kier alpha value is -2.84. The fourth-order valence-corrected chi connectivity index (χ4v) is 3.96. The third-order valence-corrected chi connectivity index (χ3v) is 6.05. The topological polar surface area (TPSA) is 93.1 Å². The Morgan fingerprint density at radius 1 is 1.17 bits per heavy atom. The molecule has 1 heterocycles. The number of hydrogen-bond donors (Lipinski definition) is 2. The van der Waals surface area contributed by atoms with Gasteiger partial charge in [-0.1, -0.05) is 23.7 Å². The van der Waals surface area contributed by atoms with E-state index in [-0.39, 0.29) is 28.1 Å². The van der Waals surface area contributed by atoms with Crippen molar-refractivity contribution in [2.24, 2.45) is 0 Å². The van der Waals surface area contributed by atoms with Crippen LogP contribution in [0.15, 0.2) is 72.1 Å². The molecule has 1 atom stereocenters. The highest BCUT2D eigenvalue weighted by Gasteiger charge is 2.18. The van der Waals surface area contributed by atoms with Crippen LogP contribution >= 0.6 is 11.6 Å². The van der Waals surface area contributed by atoms with E-state index in [1.807, 2.05) is 17.7 Å². The molecule has 1 aromatic heterocycles. The summed E-state index contributed by atoms with van der Waals surface area (Å²) in [5, 5.41) is 3.28. The summed E-state index contributed by atoms with van der Waals surface area (Å²) >= 11 is 5.82. The molecular weight excluding hydrogens is 412 g/mol. The van der Waals surface area contributed by atoms with E-state index in [9.17, 15) is 13.2 Å². The molecule has 29 heavy (non-hydrogen) atoms. The van der Waals surface area contributed by atoms with Crippen LogP contribution in [0.3, 0.4) is 0 Å². The minimum Gasteiger partial charge on any atom is -0.352 e. The van der Waals surface area contributed by atoms with Crippen molar-refractivity contribution in [3.8, 4) is 0 Å². The van der Waals surface area contributed by atoms with Crippen LogP contribution in [0, 0.1) is 0 Å². The van der Waals surface area contributed by atoms with Crippen molar-refractivity contribution >= 4 is 33.2 Å². The van der Waals surface area contributed by atoms with Crippen molar-refractivity contribution in [3.05, 3.63) is 77.8 Å². The van der Waals surface area contributed by atoms with Crippen molar-refractivity contribution < 1.29 is 13.2 Å². The van der Waals surface area contributed by atoms with Crippen LogP contribution in [0.1, 0.15) is 29.7 Å². The summed E-state index contributed by atoms with van der Waals surface area (Å²) in [6.45, 7) is 2.47. The van der Waals surface area contributed by atoms with Crippen molar-refractivity contribution in [2.75, 3.05) is 11.3 Å². The molecule has 1 amide bonds. The highest BCUT2D eigenvalue weighted by molar-refractivity contribution is 7.92. The molecule has 0 saturated carbocycles. The molecule has 1 unspecified atom stereocenters. The Morgan fingerprint density at radius 2 is 1.90 bits per heavy atom. The fraction of sp³-hybridized carbons (Fsp3) is 0.200. The van der Waals surface area contributed by atoms with Crippen molar-refractivity contribution in [1.29, 1.82) is 0 Å². The van der Waals surface area contributed by atoms with Gasteiger partial charge in [-0.15, -0.1) is 0 Å². The highest BCUT2D eigenvalue weighted by atomic mass is 35.5. The molecule has 0 fully saturated rings. The summed E-state index contributed by atoms with van der Waals surface area (Å²) in [7, 11) is -3.85. The zero-order valence-corrected chi connectivity index (χ0v) is 17.3. The van der Waals surface area contributed by atoms with Gasteiger partial charge in [-0.3, -0.25) is 9.52 Å². The van der Waals surface area contributed by atoms with Crippen LogP contribution in [0.5, 0.6) is 0 Å². The highest BCUT2D eigenvalue weighted by Crippen LogP contribution is 2.21. The average molecular weight is 433 g/mol. The van der Waals surface area contributed by atoms with E-state index in [2.05, 4.69) is 15.0 Å². The molecule has 0 spiro atoms. The lowest BCUT2D eigenvalue weighted by molar-refractivity contribution is 0.0952. The summed E-state index contributed by atoms with van der Waals surface area (Å²) in [4.78, 5) is 16.7. The van der Waals surface area contributed by atoms with Gasteiger partial charge in [0, 0.05) is 30.0 Å². The van der Waals surface area contributed by atoms with Crippen LogP contribution in [0.25, 0.3) is 0 Å². The van der Waals surface area contributed by atoms with E-state index in [0.717, 1.165) is 0 Å². The number of nitrogens with zero attached hydrogens (tertiary/aromatic N) is 2. The normalized spacial score (nSPS) is 12.3. The molecule has 7 nitrogen and oxygen atoms in total. The molecule has 0 saturated heterocycles. The number of nitrogens with one attached hydrogen (secondary N) is 2. The first-order valence-electron chi connectivity index (χ1n) is 9.00. The minimum atomic E-state index is -3.85. The maximum absolute atomic E-state index is 12.6. The summed E-state index contributed by atoms with van der Waals surface area (Å²) < 4.78 is 29.7. The average Bonchev–Trinajstić information content (AvgIpc) is 3.23. The maximum Gasteiger partial charge on any atom is 0.261 e. The Balaban J connectivity index is 1.68. The predicted molar refractivity (Wildman–Crippen MR) is 113 cm³/mol. The standard InChI is InChI=1S/C20H21ClN4O3S/c1-15(25-13-12-22-14-25)10-11-23-20(26)18-4-2-3-5-19(18)24-29(27,28)17-8-6-16(21)7-9-17/h2-9,12-15,24H,10-11H2,1H3,(H,23,26). The van der Waals surface area contributed by atoms with Gasteiger partial charge in [-0.2, -0.15) is 0 Å². The van der Waals surface area contributed by atoms with E-state index in [0.29, 0.717) is 18.0 Å². The van der Waals surface area contributed by atoms with E-state index < -0.39 is 10.0 Å². The minimum absolute atomic E-state index is 0.0614. The molecule has 0 aliphatic heterocycles. The van der Waals surface area contributed by atoms with Gasteiger partial charge in [0.1, 0.15) is 0 Å². The van der Waals surface area contributed by atoms with Gasteiger partial charge in [-0.25, -0.2) is 13.4 Å². The van der Waals surface area contributed by atoms with Crippen molar-refractivity contribution in [2.45, 2.75) is 24.3 Å². The molecule has 2 aromatic carbocycles. The molecule has 0 radical (unpaired) electrons. The summed E-state index contributed by atoms with van der Waals surface area (Å²) in [5.41, 5.74) is 0.461. The van der Waals surface area contributed by atoms with E-state index in [4.69, 9.17) is 11.6 Å². The molecule has 0 bridgehead atoms. The zero-order valence-electron chi connectivity index (χ0n) is 15.7. The van der Waals surface area contributed by atoms with Crippen LogP contribution in [-0.2, 0) is 10.0 Å². The van der Waals surface area contributed by atoms with Crippen LogP contribution < -0.4 is 10.0 Å². The number of halogens is 1. The second-order valence-corrected chi connectivity index (χ2v) is 8.63. The van der Waals surface area contributed by atoms with Crippen molar-refractivity contribution in [3.63, 3.8) is 0 Å². The number of aromatic nitrogens is 2. The number of para-hydroxylation sites is 1. The number of amides is 1. The van der Waals surface area contributed by atoms with E-state index in [1.54, 1.807) is 36.8 Å². The van der Waals surface area contributed by atoms with Crippen LogP contribution in [0.4, 0.5) is 5.69 Å².